The number of ether oxygens (including phenoxy) is 1. The highest BCUT2D eigenvalue weighted by Crippen LogP contribution is 2.38. The van der Waals surface area contributed by atoms with Crippen molar-refractivity contribution in [3.05, 3.63) is 35.4 Å². The SMILES string of the molecule is c1ccc2c(c1)CCCC21CNCCO1. The second-order valence-electron chi connectivity index (χ2n) is 4.53. The fraction of sp³-hybridized carbons (Fsp3) is 0.538. The van der Waals surface area contributed by atoms with Crippen LogP contribution >= 0.6 is 0 Å². The van der Waals surface area contributed by atoms with Crippen molar-refractivity contribution >= 4 is 0 Å². The van der Waals surface area contributed by atoms with Crippen LogP contribution in [0.25, 0.3) is 0 Å². The topological polar surface area (TPSA) is 21.3 Å². The molecule has 1 fully saturated rings. The first-order valence-electron chi connectivity index (χ1n) is 5.84. The number of hydrogen-bond donors (Lipinski definition) is 1. The van der Waals surface area contributed by atoms with Gasteiger partial charge in [-0.05, 0) is 30.4 Å². The molecule has 1 aromatic carbocycles. The third kappa shape index (κ3) is 1.48. The summed E-state index contributed by atoms with van der Waals surface area (Å²) in [5, 5.41) is 3.46. The van der Waals surface area contributed by atoms with Crippen molar-refractivity contribution in [3.63, 3.8) is 0 Å². The third-order valence-corrected chi connectivity index (χ3v) is 3.60. The van der Waals surface area contributed by atoms with E-state index in [9.17, 15) is 0 Å². The molecule has 1 aliphatic heterocycles. The van der Waals surface area contributed by atoms with Crippen molar-refractivity contribution in [3.8, 4) is 0 Å². The van der Waals surface area contributed by atoms with E-state index in [1.54, 1.807) is 0 Å². The summed E-state index contributed by atoms with van der Waals surface area (Å²) >= 11 is 0. The average molecular weight is 203 g/mol. The lowest BCUT2D eigenvalue weighted by atomic mass is 9.78. The van der Waals surface area contributed by atoms with Crippen molar-refractivity contribution in [2.75, 3.05) is 19.7 Å². The Kier molecular flexibility index (Phi) is 2.26. The molecule has 15 heavy (non-hydrogen) atoms. The van der Waals surface area contributed by atoms with Crippen molar-refractivity contribution in [1.82, 2.24) is 5.32 Å². The molecule has 0 radical (unpaired) electrons. The molecule has 1 spiro atoms. The Morgan fingerprint density at radius 3 is 3.07 bits per heavy atom. The summed E-state index contributed by atoms with van der Waals surface area (Å²) in [7, 11) is 0. The van der Waals surface area contributed by atoms with E-state index >= 15 is 0 Å². The van der Waals surface area contributed by atoms with Gasteiger partial charge in [-0.3, -0.25) is 0 Å². The van der Waals surface area contributed by atoms with Crippen molar-refractivity contribution in [2.24, 2.45) is 0 Å². The van der Waals surface area contributed by atoms with E-state index in [1.165, 1.54) is 24.0 Å². The van der Waals surface area contributed by atoms with Crippen LogP contribution in [0.1, 0.15) is 24.0 Å². The van der Waals surface area contributed by atoms with E-state index < -0.39 is 0 Å². The highest BCUT2D eigenvalue weighted by atomic mass is 16.5. The number of rotatable bonds is 0. The van der Waals surface area contributed by atoms with E-state index in [0.717, 1.165) is 26.1 Å². The van der Waals surface area contributed by atoms with Gasteiger partial charge in [-0.2, -0.15) is 0 Å². The molecule has 2 nitrogen and oxygen atoms in total. The Bertz CT molecular complexity index is 355. The summed E-state index contributed by atoms with van der Waals surface area (Å²) < 4.78 is 6.07. The van der Waals surface area contributed by atoms with Crippen molar-refractivity contribution < 1.29 is 4.74 Å². The number of morpholine rings is 1. The van der Waals surface area contributed by atoms with Crippen molar-refractivity contribution in [1.29, 1.82) is 0 Å². The van der Waals surface area contributed by atoms with Gasteiger partial charge in [0.1, 0.15) is 5.60 Å². The molecule has 0 saturated carbocycles. The summed E-state index contributed by atoms with van der Waals surface area (Å²) in [6.45, 7) is 2.81. The number of hydrogen-bond acceptors (Lipinski definition) is 2. The smallest absolute Gasteiger partial charge is 0.106 e. The molecular weight excluding hydrogens is 186 g/mol. The van der Waals surface area contributed by atoms with E-state index in [4.69, 9.17) is 4.74 Å². The Morgan fingerprint density at radius 1 is 1.27 bits per heavy atom. The average Bonchev–Trinajstić information content (AvgIpc) is 2.31. The standard InChI is InChI=1S/C13H17NO/c1-2-6-12-11(4-1)5-3-7-13(12)10-14-8-9-15-13/h1-2,4,6,14H,3,5,7-10H2. The Morgan fingerprint density at radius 2 is 2.20 bits per heavy atom. The summed E-state index contributed by atoms with van der Waals surface area (Å²) in [6, 6.07) is 8.74. The molecule has 1 unspecified atom stereocenters. The molecule has 0 aromatic heterocycles. The van der Waals surface area contributed by atoms with Gasteiger partial charge < -0.3 is 10.1 Å². The molecule has 0 bridgehead atoms. The third-order valence-electron chi connectivity index (χ3n) is 3.60. The molecule has 1 aromatic rings. The molecule has 0 amide bonds. The molecular formula is C13H17NO. The predicted molar refractivity (Wildman–Crippen MR) is 59.9 cm³/mol. The summed E-state index contributed by atoms with van der Waals surface area (Å²) in [4.78, 5) is 0. The first-order chi connectivity index (χ1) is 7.41. The van der Waals surface area contributed by atoms with Gasteiger partial charge in [0, 0.05) is 13.1 Å². The molecule has 1 heterocycles. The monoisotopic (exact) mass is 203 g/mol. The van der Waals surface area contributed by atoms with Gasteiger partial charge in [0.25, 0.3) is 0 Å². The van der Waals surface area contributed by atoms with E-state index in [1.807, 2.05) is 0 Å². The Labute approximate surface area is 90.6 Å². The molecule has 80 valence electrons. The largest absolute Gasteiger partial charge is 0.368 e. The highest BCUT2D eigenvalue weighted by Gasteiger charge is 2.38. The van der Waals surface area contributed by atoms with Crippen LogP contribution in [0.4, 0.5) is 0 Å². The first kappa shape index (κ1) is 9.37. The zero-order chi connectivity index (χ0) is 10.1. The number of nitrogens with one attached hydrogen (secondary N) is 1. The van der Waals surface area contributed by atoms with Gasteiger partial charge in [0.15, 0.2) is 0 Å². The van der Waals surface area contributed by atoms with Gasteiger partial charge in [0.2, 0.25) is 0 Å². The molecule has 2 aliphatic rings. The summed E-state index contributed by atoms with van der Waals surface area (Å²) in [6.07, 6.45) is 3.62. The maximum absolute atomic E-state index is 6.07. The first-order valence-corrected chi connectivity index (χ1v) is 5.84. The normalized spacial score (nSPS) is 30.1. The molecule has 3 rings (SSSR count). The minimum absolute atomic E-state index is 0.0207. The fourth-order valence-electron chi connectivity index (χ4n) is 2.88. The minimum atomic E-state index is -0.0207. The van der Waals surface area contributed by atoms with Crippen LogP contribution in [0.15, 0.2) is 24.3 Å². The fourth-order valence-corrected chi connectivity index (χ4v) is 2.88. The minimum Gasteiger partial charge on any atom is -0.368 e. The maximum Gasteiger partial charge on any atom is 0.106 e. The number of fused-ring (bicyclic) bond motifs is 2. The van der Waals surface area contributed by atoms with Gasteiger partial charge in [-0.25, -0.2) is 0 Å². The quantitative estimate of drug-likeness (QED) is 0.694. The maximum atomic E-state index is 6.07. The Balaban J connectivity index is 2.04. The van der Waals surface area contributed by atoms with Gasteiger partial charge in [0.05, 0.1) is 6.61 Å². The van der Waals surface area contributed by atoms with Crippen LogP contribution in [0, 0.1) is 0 Å². The van der Waals surface area contributed by atoms with E-state index in [2.05, 4.69) is 29.6 Å². The zero-order valence-electron chi connectivity index (χ0n) is 8.96. The lowest BCUT2D eigenvalue weighted by Crippen LogP contribution is -2.49. The van der Waals surface area contributed by atoms with Crippen LogP contribution < -0.4 is 5.32 Å². The predicted octanol–water partition coefficient (Wildman–Crippen LogP) is 1.84. The summed E-state index contributed by atoms with van der Waals surface area (Å²) in [5.41, 5.74) is 2.88. The van der Waals surface area contributed by atoms with E-state index in [-0.39, 0.29) is 5.60 Å². The molecule has 1 atom stereocenters. The summed E-state index contributed by atoms with van der Waals surface area (Å²) in [5.74, 6) is 0. The lowest BCUT2D eigenvalue weighted by molar-refractivity contribution is -0.0819. The molecule has 1 N–H and O–H groups in total. The van der Waals surface area contributed by atoms with Crippen LogP contribution in [0.2, 0.25) is 0 Å². The molecule has 2 heteroatoms. The zero-order valence-corrected chi connectivity index (χ0v) is 8.96. The second kappa shape index (κ2) is 3.62. The lowest BCUT2D eigenvalue weighted by Gasteiger charge is -2.42. The second-order valence-corrected chi connectivity index (χ2v) is 4.53. The highest BCUT2D eigenvalue weighted by molar-refractivity contribution is 5.35. The van der Waals surface area contributed by atoms with Crippen LogP contribution in [-0.2, 0) is 16.8 Å². The van der Waals surface area contributed by atoms with Gasteiger partial charge >= 0.3 is 0 Å². The van der Waals surface area contributed by atoms with E-state index in [0.29, 0.717) is 0 Å². The molecule has 1 saturated heterocycles. The van der Waals surface area contributed by atoms with Crippen LogP contribution in [0.5, 0.6) is 0 Å². The van der Waals surface area contributed by atoms with Crippen molar-refractivity contribution in [2.45, 2.75) is 24.9 Å². The van der Waals surface area contributed by atoms with Gasteiger partial charge in [-0.1, -0.05) is 24.3 Å². The van der Waals surface area contributed by atoms with Crippen LogP contribution in [0.3, 0.4) is 0 Å². The molecule has 1 aliphatic carbocycles. The Hall–Kier alpha value is -0.860. The number of aryl methyl sites for hydroxylation is 1. The van der Waals surface area contributed by atoms with Gasteiger partial charge in [-0.15, -0.1) is 0 Å². The number of benzene rings is 1. The van der Waals surface area contributed by atoms with Crippen LogP contribution in [-0.4, -0.2) is 19.7 Å².